The molecule has 0 aliphatic carbocycles. The Labute approximate surface area is 165 Å². The van der Waals surface area contributed by atoms with E-state index in [1.54, 1.807) is 18.2 Å². The van der Waals surface area contributed by atoms with Gasteiger partial charge in [-0.3, -0.25) is 4.79 Å². The second kappa shape index (κ2) is 9.74. The topological polar surface area (TPSA) is 72.8 Å². The molecular formula is C23H26O5. The van der Waals surface area contributed by atoms with Crippen LogP contribution in [0, 0.1) is 5.41 Å². The van der Waals surface area contributed by atoms with Crippen LogP contribution in [0.5, 0.6) is 5.75 Å². The molecule has 5 heteroatoms. The predicted molar refractivity (Wildman–Crippen MR) is 109 cm³/mol. The molecule has 0 fully saturated rings. The maximum absolute atomic E-state index is 11.8. The Hall–Kier alpha value is -3.08. The summed E-state index contributed by atoms with van der Waals surface area (Å²) < 4.78 is 10.2. The van der Waals surface area contributed by atoms with E-state index >= 15 is 0 Å². The van der Waals surface area contributed by atoms with Crippen molar-refractivity contribution in [3.63, 3.8) is 0 Å². The molecule has 0 saturated carbocycles. The van der Waals surface area contributed by atoms with Crippen molar-refractivity contribution in [2.24, 2.45) is 5.41 Å². The minimum atomic E-state index is -0.532. The normalized spacial score (nSPS) is 11.4. The van der Waals surface area contributed by atoms with Gasteiger partial charge in [0, 0.05) is 6.08 Å². The van der Waals surface area contributed by atoms with Gasteiger partial charge >= 0.3 is 11.9 Å². The van der Waals surface area contributed by atoms with Crippen LogP contribution in [-0.4, -0.2) is 30.3 Å². The number of phenolic OH excluding ortho intramolecular Hbond substituents is 1. The van der Waals surface area contributed by atoms with Crippen LogP contribution in [0.2, 0.25) is 0 Å². The Morgan fingerprint density at radius 2 is 1.46 bits per heavy atom. The number of esters is 2. The second-order valence-electron chi connectivity index (χ2n) is 7.04. The molecule has 0 amide bonds. The molecule has 2 aromatic rings. The monoisotopic (exact) mass is 382 g/mol. The summed E-state index contributed by atoms with van der Waals surface area (Å²) in [7, 11) is 0. The minimum absolute atomic E-state index is 0.0223. The van der Waals surface area contributed by atoms with Crippen molar-refractivity contribution in [2.45, 2.75) is 27.2 Å². The Kier molecular flexibility index (Phi) is 7.38. The van der Waals surface area contributed by atoms with Crippen molar-refractivity contribution >= 4 is 18.0 Å². The lowest BCUT2D eigenvalue weighted by Gasteiger charge is -2.20. The maximum atomic E-state index is 11.8. The Bertz CT molecular complexity index is 817. The first-order valence-electron chi connectivity index (χ1n) is 9.23. The van der Waals surface area contributed by atoms with E-state index in [4.69, 9.17) is 9.47 Å². The van der Waals surface area contributed by atoms with Crippen LogP contribution in [0.1, 0.15) is 32.8 Å². The first-order chi connectivity index (χ1) is 13.3. The van der Waals surface area contributed by atoms with Gasteiger partial charge in [-0.15, -0.1) is 0 Å². The number of hydrogen-bond donors (Lipinski definition) is 1. The van der Waals surface area contributed by atoms with Crippen LogP contribution in [0.3, 0.4) is 0 Å². The van der Waals surface area contributed by atoms with Gasteiger partial charge in [0.2, 0.25) is 0 Å². The fourth-order valence-corrected chi connectivity index (χ4v) is 2.27. The number of carbonyl (C=O) groups excluding carboxylic acids is 2. The highest BCUT2D eigenvalue weighted by Crippen LogP contribution is 2.23. The molecule has 5 nitrogen and oxygen atoms in total. The van der Waals surface area contributed by atoms with E-state index in [2.05, 4.69) is 0 Å². The lowest BCUT2D eigenvalue weighted by atomic mass is 9.91. The Balaban J connectivity index is 1.79. The summed E-state index contributed by atoms with van der Waals surface area (Å²) in [6, 6.07) is 14.6. The number of rotatable bonds is 8. The molecule has 0 aliphatic heterocycles. The zero-order valence-electron chi connectivity index (χ0n) is 16.5. The summed E-state index contributed by atoms with van der Waals surface area (Å²) in [5.74, 6) is -0.561. The predicted octanol–water partition coefficient (Wildman–Crippen LogP) is 4.60. The molecule has 0 unspecified atom stereocenters. The second-order valence-corrected chi connectivity index (χ2v) is 7.04. The lowest BCUT2D eigenvalue weighted by Crippen LogP contribution is -2.27. The molecule has 28 heavy (non-hydrogen) atoms. The highest BCUT2D eigenvalue weighted by molar-refractivity contribution is 5.87. The highest BCUT2D eigenvalue weighted by Gasteiger charge is 2.26. The van der Waals surface area contributed by atoms with Gasteiger partial charge < -0.3 is 14.6 Å². The molecule has 148 valence electrons. The largest absolute Gasteiger partial charge is 0.508 e. The molecular weight excluding hydrogens is 356 g/mol. The highest BCUT2D eigenvalue weighted by atomic mass is 16.6. The van der Waals surface area contributed by atoms with E-state index in [9.17, 15) is 14.7 Å². The third-order valence-electron chi connectivity index (χ3n) is 4.52. The van der Waals surface area contributed by atoms with Crippen molar-refractivity contribution in [3.05, 3.63) is 60.2 Å². The molecule has 0 radical (unpaired) electrons. The molecule has 0 spiro atoms. The smallest absolute Gasteiger partial charge is 0.330 e. The quantitative estimate of drug-likeness (QED) is 0.410. The number of benzene rings is 2. The average molecular weight is 382 g/mol. The summed E-state index contributed by atoms with van der Waals surface area (Å²) in [5.41, 5.74) is 2.33. The lowest BCUT2D eigenvalue weighted by molar-refractivity contribution is -0.157. The van der Waals surface area contributed by atoms with E-state index in [1.807, 2.05) is 57.2 Å². The van der Waals surface area contributed by atoms with Crippen LogP contribution >= 0.6 is 0 Å². The molecule has 1 N–H and O–H groups in total. The van der Waals surface area contributed by atoms with Gasteiger partial charge in [-0.05, 0) is 55.2 Å². The number of carbonyl (C=O) groups is 2. The summed E-state index contributed by atoms with van der Waals surface area (Å²) in [5, 5.41) is 9.34. The van der Waals surface area contributed by atoms with Gasteiger partial charge in [-0.1, -0.05) is 43.3 Å². The van der Waals surface area contributed by atoms with Gasteiger partial charge in [-0.25, -0.2) is 4.79 Å². The van der Waals surface area contributed by atoms with Crippen molar-refractivity contribution < 1.29 is 24.2 Å². The van der Waals surface area contributed by atoms with Gasteiger partial charge in [0.15, 0.2) is 0 Å². The Morgan fingerprint density at radius 3 is 2.04 bits per heavy atom. The summed E-state index contributed by atoms with van der Waals surface area (Å²) in [4.78, 5) is 23.6. The van der Waals surface area contributed by atoms with Gasteiger partial charge in [-0.2, -0.15) is 0 Å². The van der Waals surface area contributed by atoms with Crippen LogP contribution in [-0.2, 0) is 19.1 Å². The van der Waals surface area contributed by atoms with Gasteiger partial charge in [0.25, 0.3) is 0 Å². The van der Waals surface area contributed by atoms with Crippen molar-refractivity contribution in [1.29, 1.82) is 0 Å². The maximum Gasteiger partial charge on any atom is 0.330 e. The third kappa shape index (κ3) is 6.27. The SMILES string of the molecule is CCC(C)(C)C(=O)OCCOC(=O)/C=C/c1ccc(-c2ccc(O)cc2)cc1. The molecule has 0 bridgehead atoms. The van der Waals surface area contributed by atoms with Gasteiger partial charge in [0.05, 0.1) is 5.41 Å². The fourth-order valence-electron chi connectivity index (χ4n) is 2.27. The van der Waals surface area contributed by atoms with E-state index in [1.165, 1.54) is 6.08 Å². The standard InChI is InChI=1S/C23H26O5/c1-4-23(2,3)22(26)28-16-15-27-21(25)14-7-17-5-8-18(9-6-17)19-10-12-20(24)13-11-19/h5-14,24H,4,15-16H2,1-3H3/b14-7+. The molecule has 0 saturated heterocycles. The fraction of sp³-hybridized carbons (Fsp3) is 0.304. The average Bonchev–Trinajstić information content (AvgIpc) is 2.70. The minimum Gasteiger partial charge on any atom is -0.508 e. The van der Waals surface area contributed by atoms with Crippen LogP contribution in [0.25, 0.3) is 17.2 Å². The Morgan fingerprint density at radius 1 is 0.929 bits per heavy atom. The molecule has 0 aliphatic rings. The first kappa shape index (κ1) is 21.2. The molecule has 0 heterocycles. The number of hydrogen-bond acceptors (Lipinski definition) is 5. The van der Waals surface area contributed by atoms with Crippen molar-refractivity contribution in [2.75, 3.05) is 13.2 Å². The third-order valence-corrected chi connectivity index (χ3v) is 4.52. The van der Waals surface area contributed by atoms with Crippen LogP contribution in [0.15, 0.2) is 54.6 Å². The van der Waals surface area contributed by atoms with Crippen molar-refractivity contribution in [3.8, 4) is 16.9 Å². The van der Waals surface area contributed by atoms with Crippen LogP contribution < -0.4 is 0 Å². The number of phenols is 1. The first-order valence-corrected chi connectivity index (χ1v) is 9.23. The van der Waals surface area contributed by atoms with Gasteiger partial charge in [0.1, 0.15) is 19.0 Å². The van der Waals surface area contributed by atoms with E-state index < -0.39 is 11.4 Å². The summed E-state index contributed by atoms with van der Waals surface area (Å²) in [6.45, 7) is 5.62. The molecule has 2 aromatic carbocycles. The number of ether oxygens (including phenoxy) is 2. The zero-order chi connectivity index (χ0) is 20.6. The number of aromatic hydroxyl groups is 1. The van der Waals surface area contributed by atoms with Crippen LogP contribution in [0.4, 0.5) is 0 Å². The molecule has 2 rings (SSSR count). The molecule has 0 aromatic heterocycles. The summed E-state index contributed by atoms with van der Waals surface area (Å²) in [6.07, 6.45) is 3.68. The molecule has 0 atom stereocenters. The zero-order valence-corrected chi connectivity index (χ0v) is 16.5. The van der Waals surface area contributed by atoms with Crippen molar-refractivity contribution in [1.82, 2.24) is 0 Å². The van der Waals surface area contributed by atoms with E-state index in [0.717, 1.165) is 16.7 Å². The summed E-state index contributed by atoms with van der Waals surface area (Å²) >= 11 is 0. The van der Waals surface area contributed by atoms with E-state index in [0.29, 0.717) is 6.42 Å². The van der Waals surface area contributed by atoms with E-state index in [-0.39, 0.29) is 24.9 Å².